The SMILES string of the molecule is Cc1ccccc1C[C@@H](N)C(=O)N[C@@H](C)C(N)=O. The Morgan fingerprint density at radius 3 is 2.50 bits per heavy atom. The second-order valence-electron chi connectivity index (χ2n) is 4.37. The van der Waals surface area contributed by atoms with E-state index in [1.165, 1.54) is 6.92 Å². The first-order chi connectivity index (χ1) is 8.41. The van der Waals surface area contributed by atoms with Gasteiger partial charge in [0.05, 0.1) is 6.04 Å². The normalized spacial score (nSPS) is 13.7. The van der Waals surface area contributed by atoms with E-state index in [1.807, 2.05) is 31.2 Å². The summed E-state index contributed by atoms with van der Waals surface area (Å²) in [7, 11) is 0. The maximum Gasteiger partial charge on any atom is 0.239 e. The number of carbonyl (C=O) groups is 2. The van der Waals surface area contributed by atoms with E-state index >= 15 is 0 Å². The molecule has 0 aliphatic rings. The highest BCUT2D eigenvalue weighted by atomic mass is 16.2. The number of nitrogens with one attached hydrogen (secondary N) is 1. The summed E-state index contributed by atoms with van der Waals surface area (Å²) in [5.41, 5.74) is 13.0. The number of hydrogen-bond acceptors (Lipinski definition) is 3. The predicted octanol–water partition coefficient (Wildman–Crippen LogP) is -0.145. The highest BCUT2D eigenvalue weighted by molar-refractivity contribution is 5.88. The van der Waals surface area contributed by atoms with Gasteiger partial charge in [0.15, 0.2) is 0 Å². The molecule has 0 aliphatic carbocycles. The van der Waals surface area contributed by atoms with Gasteiger partial charge in [-0.2, -0.15) is 0 Å². The molecule has 0 bridgehead atoms. The predicted molar refractivity (Wildman–Crippen MR) is 69.7 cm³/mol. The fourth-order valence-electron chi connectivity index (χ4n) is 1.56. The van der Waals surface area contributed by atoms with E-state index in [0.29, 0.717) is 6.42 Å². The number of amides is 2. The van der Waals surface area contributed by atoms with Gasteiger partial charge in [-0.25, -0.2) is 0 Å². The van der Waals surface area contributed by atoms with Crippen molar-refractivity contribution in [3.8, 4) is 0 Å². The molecule has 98 valence electrons. The first-order valence-electron chi connectivity index (χ1n) is 5.81. The molecule has 0 aliphatic heterocycles. The van der Waals surface area contributed by atoms with Crippen LogP contribution in [0.5, 0.6) is 0 Å². The van der Waals surface area contributed by atoms with Crippen LogP contribution in [0.2, 0.25) is 0 Å². The highest BCUT2D eigenvalue weighted by Gasteiger charge is 2.18. The van der Waals surface area contributed by atoms with Gasteiger partial charge in [-0.1, -0.05) is 24.3 Å². The molecule has 0 radical (unpaired) electrons. The Morgan fingerprint density at radius 2 is 1.94 bits per heavy atom. The monoisotopic (exact) mass is 249 g/mol. The summed E-state index contributed by atoms with van der Waals surface area (Å²) in [6.07, 6.45) is 0.435. The van der Waals surface area contributed by atoms with E-state index in [0.717, 1.165) is 11.1 Å². The van der Waals surface area contributed by atoms with Gasteiger partial charge in [-0.05, 0) is 31.4 Å². The van der Waals surface area contributed by atoms with Gasteiger partial charge in [0.2, 0.25) is 11.8 Å². The first-order valence-corrected chi connectivity index (χ1v) is 5.81. The molecule has 5 nitrogen and oxygen atoms in total. The van der Waals surface area contributed by atoms with Crippen LogP contribution >= 0.6 is 0 Å². The minimum absolute atomic E-state index is 0.371. The lowest BCUT2D eigenvalue weighted by atomic mass is 10.0. The van der Waals surface area contributed by atoms with Crippen molar-refractivity contribution < 1.29 is 9.59 Å². The van der Waals surface area contributed by atoms with Gasteiger partial charge in [0.25, 0.3) is 0 Å². The topological polar surface area (TPSA) is 98.2 Å². The molecule has 0 saturated carbocycles. The third-order valence-electron chi connectivity index (χ3n) is 2.82. The van der Waals surface area contributed by atoms with Crippen molar-refractivity contribution in [3.63, 3.8) is 0 Å². The number of nitrogens with two attached hydrogens (primary N) is 2. The molecular formula is C13H19N3O2. The van der Waals surface area contributed by atoms with E-state index < -0.39 is 18.0 Å². The van der Waals surface area contributed by atoms with Crippen molar-refractivity contribution in [1.29, 1.82) is 0 Å². The number of rotatable bonds is 5. The molecule has 0 fully saturated rings. The summed E-state index contributed by atoms with van der Waals surface area (Å²) in [6, 6.07) is 6.33. The van der Waals surface area contributed by atoms with Crippen LogP contribution in [0.25, 0.3) is 0 Å². The van der Waals surface area contributed by atoms with Gasteiger partial charge < -0.3 is 16.8 Å². The molecule has 0 spiro atoms. The second kappa shape index (κ2) is 6.16. The highest BCUT2D eigenvalue weighted by Crippen LogP contribution is 2.09. The molecular weight excluding hydrogens is 230 g/mol. The van der Waals surface area contributed by atoms with E-state index in [9.17, 15) is 9.59 Å². The van der Waals surface area contributed by atoms with Crippen LogP contribution in [0.4, 0.5) is 0 Å². The van der Waals surface area contributed by atoms with Crippen LogP contribution in [0.3, 0.4) is 0 Å². The third-order valence-corrected chi connectivity index (χ3v) is 2.82. The summed E-state index contributed by atoms with van der Waals surface area (Å²) in [5.74, 6) is -0.948. The average Bonchev–Trinajstić information content (AvgIpc) is 2.31. The molecule has 0 aromatic heterocycles. The minimum atomic E-state index is -0.708. The third kappa shape index (κ3) is 3.85. The van der Waals surface area contributed by atoms with E-state index in [4.69, 9.17) is 11.5 Å². The summed E-state index contributed by atoms with van der Waals surface area (Å²) in [4.78, 5) is 22.6. The lowest BCUT2D eigenvalue weighted by molar-refractivity contribution is -0.127. The molecule has 5 heteroatoms. The van der Waals surface area contributed by atoms with Crippen LogP contribution in [0.15, 0.2) is 24.3 Å². The van der Waals surface area contributed by atoms with Crippen molar-refractivity contribution in [1.82, 2.24) is 5.32 Å². The fourth-order valence-corrected chi connectivity index (χ4v) is 1.56. The average molecular weight is 249 g/mol. The van der Waals surface area contributed by atoms with Gasteiger partial charge in [0, 0.05) is 0 Å². The Labute approximate surface area is 107 Å². The number of benzene rings is 1. The standard InChI is InChI=1S/C13H19N3O2/c1-8-5-3-4-6-10(8)7-11(14)13(18)16-9(2)12(15)17/h3-6,9,11H,7,14H2,1-2H3,(H2,15,17)(H,16,18)/t9-,11+/m0/s1. The zero-order chi connectivity index (χ0) is 13.7. The summed E-state index contributed by atoms with van der Waals surface area (Å²) < 4.78 is 0. The van der Waals surface area contributed by atoms with Crippen molar-refractivity contribution in [2.45, 2.75) is 32.4 Å². The maximum absolute atomic E-state index is 11.7. The maximum atomic E-state index is 11.7. The molecule has 2 amide bonds. The van der Waals surface area contributed by atoms with Crippen LogP contribution in [0, 0.1) is 6.92 Å². The van der Waals surface area contributed by atoms with Crippen LogP contribution in [0.1, 0.15) is 18.1 Å². The number of carbonyl (C=O) groups excluding carboxylic acids is 2. The zero-order valence-electron chi connectivity index (χ0n) is 10.6. The van der Waals surface area contributed by atoms with Crippen molar-refractivity contribution in [2.75, 3.05) is 0 Å². The van der Waals surface area contributed by atoms with Crippen molar-refractivity contribution in [3.05, 3.63) is 35.4 Å². The molecule has 0 saturated heterocycles. The summed E-state index contributed by atoms with van der Waals surface area (Å²) in [6.45, 7) is 3.49. The lowest BCUT2D eigenvalue weighted by Crippen LogP contribution is -2.49. The Balaban J connectivity index is 2.60. The molecule has 0 unspecified atom stereocenters. The first kappa shape index (κ1) is 14.2. The Kier molecular flexibility index (Phi) is 4.85. The fraction of sp³-hybridized carbons (Fsp3) is 0.385. The van der Waals surface area contributed by atoms with Crippen molar-refractivity contribution in [2.24, 2.45) is 11.5 Å². The van der Waals surface area contributed by atoms with Crippen LogP contribution in [-0.4, -0.2) is 23.9 Å². The zero-order valence-corrected chi connectivity index (χ0v) is 10.6. The van der Waals surface area contributed by atoms with Gasteiger partial charge in [0.1, 0.15) is 6.04 Å². The molecule has 2 atom stereocenters. The van der Waals surface area contributed by atoms with Crippen LogP contribution in [-0.2, 0) is 16.0 Å². The number of primary amides is 1. The van der Waals surface area contributed by atoms with Crippen molar-refractivity contribution >= 4 is 11.8 Å². The smallest absolute Gasteiger partial charge is 0.239 e. The lowest BCUT2D eigenvalue weighted by Gasteiger charge is -2.16. The van der Waals surface area contributed by atoms with E-state index in [1.54, 1.807) is 0 Å². The van der Waals surface area contributed by atoms with Gasteiger partial charge in [-0.15, -0.1) is 0 Å². The van der Waals surface area contributed by atoms with E-state index in [2.05, 4.69) is 5.32 Å². The molecule has 18 heavy (non-hydrogen) atoms. The Morgan fingerprint density at radius 1 is 1.33 bits per heavy atom. The second-order valence-corrected chi connectivity index (χ2v) is 4.37. The van der Waals surface area contributed by atoms with Gasteiger partial charge in [-0.3, -0.25) is 9.59 Å². The van der Waals surface area contributed by atoms with E-state index in [-0.39, 0.29) is 5.91 Å². The summed E-state index contributed by atoms with van der Waals surface area (Å²) >= 11 is 0. The molecule has 1 aromatic rings. The molecule has 5 N–H and O–H groups in total. The molecule has 1 rings (SSSR count). The minimum Gasteiger partial charge on any atom is -0.368 e. The Bertz CT molecular complexity index is 446. The number of hydrogen-bond donors (Lipinski definition) is 3. The quantitative estimate of drug-likeness (QED) is 0.677. The Hall–Kier alpha value is -1.88. The molecule has 1 aromatic carbocycles. The van der Waals surface area contributed by atoms with Gasteiger partial charge >= 0.3 is 0 Å². The number of aryl methyl sites for hydroxylation is 1. The molecule has 0 heterocycles. The van der Waals surface area contributed by atoms with Crippen LogP contribution < -0.4 is 16.8 Å². The largest absolute Gasteiger partial charge is 0.368 e. The summed E-state index contributed by atoms with van der Waals surface area (Å²) in [5, 5.41) is 2.48.